The summed E-state index contributed by atoms with van der Waals surface area (Å²) in [6.07, 6.45) is 0.689. The van der Waals surface area contributed by atoms with Crippen LogP contribution in [0.25, 0.3) is 5.69 Å². The summed E-state index contributed by atoms with van der Waals surface area (Å²) < 4.78 is 59.8. The zero-order valence-electron chi connectivity index (χ0n) is 27.8. The number of sulfonamides is 1. The summed E-state index contributed by atoms with van der Waals surface area (Å²) in [5.74, 6) is -6.02. The van der Waals surface area contributed by atoms with Crippen molar-refractivity contribution < 1.29 is 36.7 Å². The highest BCUT2D eigenvalue weighted by atomic mass is 32.2. The van der Waals surface area contributed by atoms with Crippen LogP contribution in [0.15, 0.2) is 69.3 Å². The molecule has 4 aromatic rings. The first-order valence-corrected chi connectivity index (χ1v) is 16.4. The number of hydrogen-bond acceptors (Lipinski definition) is 8. The van der Waals surface area contributed by atoms with Crippen LogP contribution in [-0.2, 0) is 28.3 Å². The topological polar surface area (TPSA) is 199 Å². The number of nitrogens with zero attached hydrogens (tertiary/aromatic N) is 3. The Kier molecular flexibility index (Phi) is 10.4. The van der Waals surface area contributed by atoms with Crippen LogP contribution in [0.5, 0.6) is 0 Å². The molecule has 0 bridgehead atoms. The molecule has 0 aliphatic heterocycles. The first kappa shape index (κ1) is 37.1. The molecule has 0 saturated heterocycles. The molecule has 0 saturated carbocycles. The number of amides is 2. The maximum absolute atomic E-state index is 15.0. The van der Waals surface area contributed by atoms with E-state index in [9.17, 15) is 37.5 Å². The molecule has 2 aromatic heterocycles. The summed E-state index contributed by atoms with van der Waals surface area (Å²) in [5.41, 5.74) is -1.91. The molecule has 0 spiro atoms. The molecule has 50 heavy (non-hydrogen) atoms. The van der Waals surface area contributed by atoms with E-state index in [1.807, 2.05) is 4.72 Å². The first-order valence-electron chi connectivity index (χ1n) is 14.9. The zero-order valence-corrected chi connectivity index (χ0v) is 28.6. The largest absolute Gasteiger partial charge is 0.480 e. The quantitative estimate of drug-likeness (QED) is 0.191. The first-order chi connectivity index (χ1) is 23.2. The number of anilines is 1. The molecule has 1 atom stereocenters. The lowest BCUT2D eigenvalue weighted by Gasteiger charge is -2.20. The van der Waals surface area contributed by atoms with Crippen LogP contribution in [0, 0.1) is 25.5 Å². The molecule has 2 aromatic carbocycles. The van der Waals surface area contributed by atoms with Gasteiger partial charge >= 0.3 is 11.7 Å². The van der Waals surface area contributed by atoms with Gasteiger partial charge in [0.25, 0.3) is 27.4 Å². The van der Waals surface area contributed by atoms with Crippen molar-refractivity contribution in [3.05, 3.63) is 115 Å². The Morgan fingerprint density at radius 3 is 2.16 bits per heavy atom. The molecule has 4 rings (SSSR count). The molecule has 4 N–H and O–H groups in total. The second-order valence-corrected chi connectivity index (χ2v) is 14.1. The van der Waals surface area contributed by atoms with E-state index in [1.165, 1.54) is 41.9 Å². The zero-order chi connectivity index (χ0) is 37.3. The molecule has 0 fully saturated rings. The SMILES string of the molecule is Cc1c(C)n(C)c(=O)n(-c2ccc(C[C@H](NC(=O)c3cc(F)c(NS(=O)(=O)c4ccc(C(=O)NC(C)(C)C)cn4)cc3F)C(=O)O)cc2)c1=O. The van der Waals surface area contributed by atoms with Gasteiger partial charge in [0.1, 0.15) is 17.7 Å². The number of pyridine rings is 1. The highest BCUT2D eigenvalue weighted by molar-refractivity contribution is 7.92. The van der Waals surface area contributed by atoms with E-state index in [0.29, 0.717) is 29.0 Å². The van der Waals surface area contributed by atoms with Gasteiger partial charge < -0.3 is 20.3 Å². The average molecular weight is 713 g/mol. The average Bonchev–Trinajstić information content (AvgIpc) is 3.04. The van der Waals surface area contributed by atoms with Crippen LogP contribution in [0.4, 0.5) is 14.5 Å². The number of hydrogen-bond donors (Lipinski definition) is 4. The summed E-state index contributed by atoms with van der Waals surface area (Å²) in [4.78, 5) is 66.4. The van der Waals surface area contributed by atoms with Crippen LogP contribution in [0.3, 0.4) is 0 Å². The lowest BCUT2D eigenvalue weighted by molar-refractivity contribution is -0.139. The van der Waals surface area contributed by atoms with Crippen molar-refractivity contribution in [1.29, 1.82) is 0 Å². The van der Waals surface area contributed by atoms with Crippen LogP contribution in [0.1, 0.15) is 58.3 Å². The van der Waals surface area contributed by atoms with Crippen molar-refractivity contribution in [2.75, 3.05) is 4.72 Å². The smallest absolute Gasteiger partial charge is 0.335 e. The summed E-state index contributed by atoms with van der Waals surface area (Å²) in [6.45, 7) is 8.47. The maximum atomic E-state index is 15.0. The van der Waals surface area contributed by atoms with E-state index in [1.54, 1.807) is 34.6 Å². The monoisotopic (exact) mass is 712 g/mol. The van der Waals surface area contributed by atoms with Gasteiger partial charge in [0.2, 0.25) is 0 Å². The number of nitrogens with one attached hydrogen (secondary N) is 3. The number of aromatic nitrogens is 3. The number of carboxylic acid groups (broad SMARTS) is 1. The molecule has 0 unspecified atom stereocenters. The van der Waals surface area contributed by atoms with Crippen LogP contribution in [0.2, 0.25) is 0 Å². The fourth-order valence-corrected chi connectivity index (χ4v) is 5.71. The molecule has 264 valence electrons. The fraction of sp³-hybridized carbons (Fsp3) is 0.273. The van der Waals surface area contributed by atoms with Crippen molar-refractivity contribution in [3.8, 4) is 5.69 Å². The fourth-order valence-electron chi connectivity index (χ4n) is 4.72. The van der Waals surface area contributed by atoms with Gasteiger partial charge in [0, 0.05) is 42.5 Å². The van der Waals surface area contributed by atoms with Crippen molar-refractivity contribution in [2.45, 2.75) is 57.6 Å². The van der Waals surface area contributed by atoms with Gasteiger partial charge in [0.15, 0.2) is 5.03 Å². The second kappa shape index (κ2) is 14.0. The summed E-state index contributed by atoms with van der Waals surface area (Å²) >= 11 is 0. The van der Waals surface area contributed by atoms with E-state index in [4.69, 9.17) is 0 Å². The number of carbonyl (C=O) groups is 3. The lowest BCUT2D eigenvalue weighted by Crippen LogP contribution is -2.42. The van der Waals surface area contributed by atoms with E-state index < -0.39 is 78.5 Å². The van der Waals surface area contributed by atoms with Crippen LogP contribution < -0.4 is 26.6 Å². The molecule has 2 heterocycles. The lowest BCUT2D eigenvalue weighted by atomic mass is 10.0. The molecule has 2 amide bonds. The van der Waals surface area contributed by atoms with Crippen molar-refractivity contribution in [3.63, 3.8) is 0 Å². The van der Waals surface area contributed by atoms with Crippen LogP contribution in [-0.4, -0.2) is 57.0 Å². The van der Waals surface area contributed by atoms with Crippen LogP contribution >= 0.6 is 0 Å². The molecular formula is C33H34F2N6O8S. The Morgan fingerprint density at radius 2 is 1.60 bits per heavy atom. The van der Waals surface area contributed by atoms with Gasteiger partial charge in [-0.2, -0.15) is 8.42 Å². The Bertz CT molecular complexity index is 2190. The number of halogens is 2. The summed E-state index contributed by atoms with van der Waals surface area (Å²) in [5, 5.41) is 14.0. The molecule has 17 heteroatoms. The van der Waals surface area contributed by atoms with Crippen molar-refractivity contribution >= 4 is 33.5 Å². The third-order valence-corrected chi connectivity index (χ3v) is 8.87. The van der Waals surface area contributed by atoms with E-state index in [0.717, 1.165) is 16.8 Å². The van der Waals surface area contributed by atoms with E-state index in [2.05, 4.69) is 15.6 Å². The third-order valence-electron chi connectivity index (χ3n) is 7.59. The molecular weight excluding hydrogens is 678 g/mol. The Balaban J connectivity index is 1.49. The van der Waals surface area contributed by atoms with Crippen molar-refractivity contribution in [2.24, 2.45) is 7.05 Å². The Labute approximate surface area is 284 Å². The maximum Gasteiger partial charge on any atom is 0.335 e. The van der Waals surface area contributed by atoms with Gasteiger partial charge in [-0.3, -0.25) is 19.1 Å². The minimum absolute atomic E-state index is 0.0596. The molecule has 0 radical (unpaired) electrons. The number of carbonyl (C=O) groups excluding carboxylic acids is 2. The predicted octanol–water partition coefficient (Wildman–Crippen LogP) is 2.58. The van der Waals surface area contributed by atoms with Gasteiger partial charge in [-0.15, -0.1) is 0 Å². The van der Waals surface area contributed by atoms with Gasteiger partial charge in [-0.1, -0.05) is 12.1 Å². The Morgan fingerprint density at radius 1 is 0.960 bits per heavy atom. The minimum Gasteiger partial charge on any atom is -0.480 e. The Hall–Kier alpha value is -5.71. The highest BCUT2D eigenvalue weighted by Crippen LogP contribution is 2.23. The molecule has 0 aliphatic rings. The number of carboxylic acids is 1. The van der Waals surface area contributed by atoms with Gasteiger partial charge in [-0.25, -0.2) is 27.9 Å². The standard InChI is InChI=1S/C33H34F2N6O8S/c1-17-18(2)40(6)32(47)41(30(17)44)21-10-7-19(8-11-21)13-26(31(45)46)37-29(43)22-14-24(35)25(15-23(22)34)39-50(48,49)27-12-9-20(16-36-27)28(42)38-33(3,4)5/h7-12,14-16,26,39H,13H2,1-6H3,(H,37,43)(H,38,42)(H,45,46)/t26-/m0/s1. The number of benzene rings is 2. The molecule has 14 nitrogen and oxygen atoms in total. The van der Waals surface area contributed by atoms with Gasteiger partial charge in [-0.05, 0) is 70.5 Å². The molecule has 0 aliphatic carbocycles. The summed E-state index contributed by atoms with van der Waals surface area (Å²) in [6, 6.07) is 7.14. The van der Waals surface area contributed by atoms with Crippen molar-refractivity contribution in [1.82, 2.24) is 24.8 Å². The summed E-state index contributed by atoms with van der Waals surface area (Å²) in [7, 11) is -3.06. The second-order valence-electron chi connectivity index (χ2n) is 12.4. The number of aliphatic carboxylic acids is 1. The number of rotatable bonds is 10. The van der Waals surface area contributed by atoms with E-state index >= 15 is 8.78 Å². The van der Waals surface area contributed by atoms with E-state index in [-0.39, 0.29) is 17.7 Å². The van der Waals surface area contributed by atoms with Gasteiger partial charge in [0.05, 0.1) is 22.5 Å². The predicted molar refractivity (Wildman–Crippen MR) is 178 cm³/mol. The highest BCUT2D eigenvalue weighted by Gasteiger charge is 2.26. The normalized spacial score (nSPS) is 12.2. The third kappa shape index (κ3) is 8.11. The minimum atomic E-state index is -4.58.